The number of hydrogen-bond acceptors (Lipinski definition) is 3. The van der Waals surface area contributed by atoms with Gasteiger partial charge in [-0.3, -0.25) is 4.90 Å². The highest BCUT2D eigenvalue weighted by Crippen LogP contribution is 2.39. The number of rotatable bonds is 3. The molecule has 2 heterocycles. The average Bonchev–Trinajstić information content (AvgIpc) is 3.07. The monoisotopic (exact) mass is 266 g/mol. The molecule has 1 spiro atoms. The molecule has 3 heteroatoms. The Bertz CT molecular complexity index is 308. The number of nitrogens with zero attached hydrogens (tertiary/aromatic N) is 1. The van der Waals surface area contributed by atoms with Crippen LogP contribution in [-0.2, 0) is 4.74 Å². The first-order valence-corrected chi connectivity index (χ1v) is 8.24. The van der Waals surface area contributed by atoms with E-state index >= 15 is 0 Å². The van der Waals surface area contributed by atoms with Crippen LogP contribution in [0.3, 0.4) is 0 Å². The maximum absolute atomic E-state index is 5.59. The normalized spacial score (nSPS) is 39.2. The summed E-state index contributed by atoms with van der Waals surface area (Å²) in [6.07, 6.45) is 8.12. The molecule has 2 saturated heterocycles. The SMILES string of the molecule is CCC1(C)CN(CC2CCOC2)C2(CCCC2)CN1. The number of hydrogen-bond donors (Lipinski definition) is 1. The van der Waals surface area contributed by atoms with Crippen molar-refractivity contribution in [1.82, 2.24) is 10.2 Å². The maximum Gasteiger partial charge on any atom is 0.0507 e. The van der Waals surface area contributed by atoms with Gasteiger partial charge in [-0.25, -0.2) is 0 Å². The molecule has 3 nitrogen and oxygen atoms in total. The first kappa shape index (κ1) is 13.8. The quantitative estimate of drug-likeness (QED) is 0.849. The van der Waals surface area contributed by atoms with Crippen LogP contribution in [0.1, 0.15) is 52.4 Å². The Morgan fingerprint density at radius 3 is 2.74 bits per heavy atom. The fourth-order valence-corrected chi connectivity index (χ4v) is 4.19. The lowest BCUT2D eigenvalue weighted by Gasteiger charge is -2.53. The molecule has 3 aliphatic rings. The molecule has 0 aromatic carbocycles. The lowest BCUT2D eigenvalue weighted by atomic mass is 9.84. The van der Waals surface area contributed by atoms with Crippen LogP contribution < -0.4 is 5.32 Å². The van der Waals surface area contributed by atoms with Gasteiger partial charge in [0.15, 0.2) is 0 Å². The Morgan fingerprint density at radius 2 is 2.11 bits per heavy atom. The molecule has 1 N–H and O–H groups in total. The van der Waals surface area contributed by atoms with Crippen LogP contribution in [0.15, 0.2) is 0 Å². The smallest absolute Gasteiger partial charge is 0.0507 e. The fraction of sp³-hybridized carbons (Fsp3) is 1.00. The summed E-state index contributed by atoms with van der Waals surface area (Å²) < 4.78 is 5.59. The Kier molecular flexibility index (Phi) is 3.89. The lowest BCUT2D eigenvalue weighted by Crippen LogP contribution is -2.68. The minimum atomic E-state index is 0.313. The van der Waals surface area contributed by atoms with Crippen molar-refractivity contribution < 1.29 is 4.74 Å². The van der Waals surface area contributed by atoms with E-state index in [2.05, 4.69) is 24.1 Å². The van der Waals surface area contributed by atoms with E-state index in [4.69, 9.17) is 4.74 Å². The van der Waals surface area contributed by atoms with Crippen molar-refractivity contribution in [1.29, 1.82) is 0 Å². The lowest BCUT2D eigenvalue weighted by molar-refractivity contribution is -0.000400. The fourth-order valence-electron chi connectivity index (χ4n) is 4.19. The summed E-state index contributed by atoms with van der Waals surface area (Å²) in [5.74, 6) is 0.775. The van der Waals surface area contributed by atoms with E-state index < -0.39 is 0 Å². The van der Waals surface area contributed by atoms with E-state index in [0.29, 0.717) is 11.1 Å². The van der Waals surface area contributed by atoms with Gasteiger partial charge in [-0.05, 0) is 38.5 Å². The molecular weight excluding hydrogens is 236 g/mol. The molecule has 0 radical (unpaired) electrons. The van der Waals surface area contributed by atoms with E-state index in [-0.39, 0.29) is 0 Å². The summed E-state index contributed by atoms with van der Waals surface area (Å²) >= 11 is 0. The minimum Gasteiger partial charge on any atom is -0.381 e. The van der Waals surface area contributed by atoms with E-state index in [1.807, 2.05) is 0 Å². The Labute approximate surface area is 118 Å². The van der Waals surface area contributed by atoms with Crippen molar-refractivity contribution in [3.05, 3.63) is 0 Å². The summed E-state index contributed by atoms with van der Waals surface area (Å²) in [4.78, 5) is 2.85. The van der Waals surface area contributed by atoms with Gasteiger partial charge in [0.05, 0.1) is 6.61 Å². The summed E-state index contributed by atoms with van der Waals surface area (Å²) in [6, 6.07) is 0. The Hall–Kier alpha value is -0.120. The minimum absolute atomic E-state index is 0.313. The second-order valence-corrected chi connectivity index (χ2v) is 7.31. The third-order valence-electron chi connectivity index (χ3n) is 5.87. The summed E-state index contributed by atoms with van der Waals surface area (Å²) in [7, 11) is 0. The predicted octanol–water partition coefficient (Wildman–Crippen LogP) is 2.41. The third-order valence-corrected chi connectivity index (χ3v) is 5.87. The van der Waals surface area contributed by atoms with Gasteiger partial charge < -0.3 is 10.1 Å². The van der Waals surface area contributed by atoms with E-state index in [0.717, 1.165) is 19.1 Å². The van der Waals surface area contributed by atoms with Crippen molar-refractivity contribution in [2.24, 2.45) is 5.92 Å². The molecule has 3 fully saturated rings. The first-order valence-electron chi connectivity index (χ1n) is 8.24. The van der Waals surface area contributed by atoms with Crippen molar-refractivity contribution in [2.45, 2.75) is 63.5 Å². The molecule has 2 unspecified atom stereocenters. The summed E-state index contributed by atoms with van der Waals surface area (Å²) in [5.41, 5.74) is 0.782. The van der Waals surface area contributed by atoms with Crippen LogP contribution in [0.2, 0.25) is 0 Å². The van der Waals surface area contributed by atoms with Gasteiger partial charge in [0, 0.05) is 37.3 Å². The predicted molar refractivity (Wildman–Crippen MR) is 78.4 cm³/mol. The zero-order chi connectivity index (χ0) is 13.3. The molecule has 3 rings (SSSR count). The van der Waals surface area contributed by atoms with Gasteiger partial charge in [-0.1, -0.05) is 19.8 Å². The van der Waals surface area contributed by atoms with Crippen LogP contribution in [0, 0.1) is 5.92 Å². The Balaban J connectivity index is 1.72. The van der Waals surface area contributed by atoms with Gasteiger partial charge >= 0.3 is 0 Å². The molecular formula is C16H30N2O. The highest BCUT2D eigenvalue weighted by molar-refractivity contribution is 5.05. The standard InChI is InChI=1S/C16H30N2O/c1-3-15(2)13-18(10-14-6-9-19-11-14)16(12-17-15)7-4-5-8-16/h14,17H,3-13H2,1-2H3. The molecule has 1 saturated carbocycles. The highest BCUT2D eigenvalue weighted by atomic mass is 16.5. The first-order chi connectivity index (χ1) is 9.16. The second kappa shape index (κ2) is 5.34. The van der Waals surface area contributed by atoms with Crippen LogP contribution >= 0.6 is 0 Å². The van der Waals surface area contributed by atoms with Crippen LogP contribution in [0.25, 0.3) is 0 Å². The summed E-state index contributed by atoms with van der Waals surface area (Å²) in [6.45, 7) is 10.4. The van der Waals surface area contributed by atoms with Crippen molar-refractivity contribution in [3.8, 4) is 0 Å². The highest BCUT2D eigenvalue weighted by Gasteiger charge is 2.46. The molecule has 0 aromatic rings. The molecule has 2 atom stereocenters. The zero-order valence-corrected chi connectivity index (χ0v) is 12.7. The van der Waals surface area contributed by atoms with Crippen molar-refractivity contribution >= 4 is 0 Å². The number of nitrogens with one attached hydrogen (secondary N) is 1. The summed E-state index contributed by atoms with van der Waals surface area (Å²) in [5, 5.41) is 3.86. The van der Waals surface area contributed by atoms with E-state index in [1.165, 1.54) is 58.2 Å². The van der Waals surface area contributed by atoms with Crippen LogP contribution in [0.5, 0.6) is 0 Å². The van der Waals surface area contributed by atoms with Gasteiger partial charge in [0.1, 0.15) is 0 Å². The zero-order valence-electron chi connectivity index (χ0n) is 12.7. The van der Waals surface area contributed by atoms with E-state index in [9.17, 15) is 0 Å². The molecule has 0 amide bonds. The largest absolute Gasteiger partial charge is 0.381 e. The molecule has 19 heavy (non-hydrogen) atoms. The molecule has 2 aliphatic heterocycles. The van der Waals surface area contributed by atoms with Gasteiger partial charge in [0.25, 0.3) is 0 Å². The average molecular weight is 266 g/mol. The molecule has 1 aliphatic carbocycles. The van der Waals surface area contributed by atoms with Crippen LogP contribution in [0.4, 0.5) is 0 Å². The Morgan fingerprint density at radius 1 is 1.32 bits per heavy atom. The van der Waals surface area contributed by atoms with Crippen molar-refractivity contribution in [2.75, 3.05) is 32.8 Å². The third kappa shape index (κ3) is 2.70. The molecule has 110 valence electrons. The van der Waals surface area contributed by atoms with Gasteiger partial charge in [-0.2, -0.15) is 0 Å². The maximum atomic E-state index is 5.59. The number of piperazine rings is 1. The van der Waals surface area contributed by atoms with Crippen molar-refractivity contribution in [3.63, 3.8) is 0 Å². The number of ether oxygens (including phenoxy) is 1. The van der Waals surface area contributed by atoms with E-state index in [1.54, 1.807) is 0 Å². The van der Waals surface area contributed by atoms with Crippen LogP contribution in [-0.4, -0.2) is 48.8 Å². The second-order valence-electron chi connectivity index (χ2n) is 7.31. The molecule has 0 bridgehead atoms. The van der Waals surface area contributed by atoms with Gasteiger partial charge in [-0.15, -0.1) is 0 Å². The molecule has 0 aromatic heterocycles. The topological polar surface area (TPSA) is 24.5 Å². The van der Waals surface area contributed by atoms with Gasteiger partial charge in [0.2, 0.25) is 0 Å².